The summed E-state index contributed by atoms with van der Waals surface area (Å²) in [6, 6.07) is 14.3. The van der Waals surface area contributed by atoms with Crippen molar-refractivity contribution in [2.75, 3.05) is 11.9 Å². The Kier molecular flexibility index (Phi) is 4.46. The maximum absolute atomic E-state index is 12.5. The molecule has 2 aromatic rings. The number of nitrogens with one attached hydrogen (secondary N) is 1. The zero-order chi connectivity index (χ0) is 20.0. The number of fused-ring (bicyclic) bond motifs is 4. The standard InChI is InChI=1S/C24H24N2O3/c27-22(11-12-26-23(28)19-7-3-4-8-20(19)24(26)29)25-17-10-9-16-13-15-5-1-2-6-18(15)21(16)14-17/h1-2,5-6,9-10,14,19-20H,3-4,7-8,11-13H2,(H,25,27)/t19-,20-/m1/s1. The van der Waals surface area contributed by atoms with Gasteiger partial charge < -0.3 is 5.32 Å². The molecule has 1 saturated carbocycles. The lowest BCUT2D eigenvalue weighted by molar-refractivity contribution is -0.140. The Morgan fingerprint density at radius 1 is 0.931 bits per heavy atom. The van der Waals surface area contributed by atoms with Crippen molar-refractivity contribution in [3.05, 3.63) is 53.6 Å². The van der Waals surface area contributed by atoms with E-state index in [9.17, 15) is 14.4 Å². The minimum Gasteiger partial charge on any atom is -0.326 e. The summed E-state index contributed by atoms with van der Waals surface area (Å²) >= 11 is 0. The molecule has 2 aromatic carbocycles. The van der Waals surface area contributed by atoms with Crippen molar-refractivity contribution in [2.45, 2.75) is 38.5 Å². The second-order valence-corrected chi connectivity index (χ2v) is 8.33. The molecule has 2 aliphatic carbocycles. The van der Waals surface area contributed by atoms with Gasteiger partial charge in [-0.05, 0) is 53.6 Å². The molecular formula is C24H24N2O3. The van der Waals surface area contributed by atoms with Crippen LogP contribution in [0.3, 0.4) is 0 Å². The Hall–Kier alpha value is -2.95. The van der Waals surface area contributed by atoms with Gasteiger partial charge in [-0.25, -0.2) is 0 Å². The first kappa shape index (κ1) is 18.1. The number of benzene rings is 2. The van der Waals surface area contributed by atoms with E-state index in [1.807, 2.05) is 24.3 Å². The molecule has 0 bridgehead atoms. The van der Waals surface area contributed by atoms with Crippen molar-refractivity contribution in [3.63, 3.8) is 0 Å². The summed E-state index contributed by atoms with van der Waals surface area (Å²) in [5.41, 5.74) is 5.69. The van der Waals surface area contributed by atoms with Crippen LogP contribution in [-0.2, 0) is 20.8 Å². The Labute approximate surface area is 170 Å². The van der Waals surface area contributed by atoms with E-state index < -0.39 is 0 Å². The van der Waals surface area contributed by atoms with Gasteiger partial charge in [0.25, 0.3) is 0 Å². The van der Waals surface area contributed by atoms with Gasteiger partial charge in [0.05, 0.1) is 11.8 Å². The topological polar surface area (TPSA) is 66.5 Å². The van der Waals surface area contributed by atoms with Gasteiger partial charge in [-0.15, -0.1) is 0 Å². The lowest BCUT2D eigenvalue weighted by atomic mass is 9.81. The fourth-order valence-corrected chi connectivity index (χ4v) is 5.09. The van der Waals surface area contributed by atoms with Crippen molar-refractivity contribution in [1.29, 1.82) is 0 Å². The van der Waals surface area contributed by atoms with Crippen LogP contribution in [0.5, 0.6) is 0 Å². The second-order valence-electron chi connectivity index (χ2n) is 8.33. The van der Waals surface area contributed by atoms with Gasteiger partial charge in [0, 0.05) is 18.7 Å². The van der Waals surface area contributed by atoms with Gasteiger partial charge in [0.2, 0.25) is 17.7 Å². The highest BCUT2D eigenvalue weighted by molar-refractivity contribution is 6.05. The summed E-state index contributed by atoms with van der Waals surface area (Å²) in [4.78, 5) is 38.9. The maximum Gasteiger partial charge on any atom is 0.233 e. The van der Waals surface area contributed by atoms with Crippen LogP contribution in [0.1, 0.15) is 43.2 Å². The Morgan fingerprint density at radius 2 is 1.62 bits per heavy atom. The normalized spacial score (nSPS) is 22.3. The highest BCUT2D eigenvalue weighted by atomic mass is 16.2. The molecule has 1 aliphatic heterocycles. The van der Waals surface area contributed by atoms with Crippen LogP contribution in [0.25, 0.3) is 11.1 Å². The van der Waals surface area contributed by atoms with E-state index in [4.69, 9.17) is 0 Å². The Morgan fingerprint density at radius 3 is 2.38 bits per heavy atom. The van der Waals surface area contributed by atoms with Crippen LogP contribution in [0.2, 0.25) is 0 Å². The number of carbonyl (C=O) groups is 3. The monoisotopic (exact) mass is 388 g/mol. The fraction of sp³-hybridized carbons (Fsp3) is 0.375. The van der Waals surface area contributed by atoms with Gasteiger partial charge in [-0.2, -0.15) is 0 Å². The molecule has 2 atom stereocenters. The summed E-state index contributed by atoms with van der Waals surface area (Å²) in [7, 11) is 0. The first-order valence-electron chi connectivity index (χ1n) is 10.5. The number of likely N-dealkylation sites (tertiary alicyclic amines) is 1. The molecule has 0 radical (unpaired) electrons. The molecular weight excluding hydrogens is 364 g/mol. The summed E-state index contributed by atoms with van der Waals surface area (Å²) in [6.45, 7) is 0.171. The number of hydrogen-bond donors (Lipinski definition) is 1. The minimum atomic E-state index is -0.174. The third kappa shape index (κ3) is 3.15. The molecule has 29 heavy (non-hydrogen) atoms. The first-order valence-corrected chi connectivity index (χ1v) is 10.5. The second kappa shape index (κ2) is 7.14. The average molecular weight is 388 g/mol. The quantitative estimate of drug-likeness (QED) is 0.692. The minimum absolute atomic E-state index is 0.0818. The molecule has 0 unspecified atom stereocenters. The molecule has 0 aromatic heterocycles. The predicted molar refractivity (Wildman–Crippen MR) is 110 cm³/mol. The van der Waals surface area contributed by atoms with Crippen LogP contribution < -0.4 is 5.32 Å². The molecule has 0 spiro atoms. The number of amides is 3. The predicted octanol–water partition coefficient (Wildman–Crippen LogP) is 3.76. The largest absolute Gasteiger partial charge is 0.326 e. The third-order valence-corrected chi connectivity index (χ3v) is 6.58. The van der Waals surface area contributed by atoms with E-state index >= 15 is 0 Å². The molecule has 148 valence electrons. The van der Waals surface area contributed by atoms with Gasteiger partial charge in [-0.1, -0.05) is 43.2 Å². The van der Waals surface area contributed by atoms with E-state index in [1.54, 1.807) is 0 Å². The highest BCUT2D eigenvalue weighted by Crippen LogP contribution is 2.39. The molecule has 1 saturated heterocycles. The number of nitrogens with zero attached hydrogens (tertiary/aromatic N) is 1. The molecule has 5 heteroatoms. The zero-order valence-electron chi connectivity index (χ0n) is 16.3. The van der Waals surface area contributed by atoms with E-state index in [1.165, 1.54) is 21.6 Å². The molecule has 2 fully saturated rings. The van der Waals surface area contributed by atoms with Crippen molar-refractivity contribution in [3.8, 4) is 11.1 Å². The highest BCUT2D eigenvalue weighted by Gasteiger charge is 2.47. The van der Waals surface area contributed by atoms with Gasteiger partial charge >= 0.3 is 0 Å². The Balaban J connectivity index is 1.23. The Bertz CT molecular complexity index is 989. The molecule has 3 aliphatic rings. The van der Waals surface area contributed by atoms with Crippen molar-refractivity contribution in [2.24, 2.45) is 11.8 Å². The van der Waals surface area contributed by atoms with Crippen LogP contribution in [0.4, 0.5) is 5.69 Å². The molecule has 5 rings (SSSR count). The summed E-state index contributed by atoms with van der Waals surface area (Å²) in [6.07, 6.45) is 4.67. The van der Waals surface area contributed by atoms with E-state index in [0.29, 0.717) is 0 Å². The lowest BCUT2D eigenvalue weighted by Gasteiger charge is -2.19. The number of imide groups is 1. The van der Waals surface area contributed by atoms with Crippen LogP contribution in [0, 0.1) is 11.8 Å². The number of rotatable bonds is 4. The van der Waals surface area contributed by atoms with Crippen LogP contribution >= 0.6 is 0 Å². The smallest absolute Gasteiger partial charge is 0.233 e. The van der Waals surface area contributed by atoms with Crippen molar-refractivity contribution < 1.29 is 14.4 Å². The molecule has 1 heterocycles. The van der Waals surface area contributed by atoms with E-state index in [-0.39, 0.29) is 42.5 Å². The molecule has 1 N–H and O–H groups in total. The van der Waals surface area contributed by atoms with Gasteiger partial charge in [0.15, 0.2) is 0 Å². The molecule has 5 nitrogen and oxygen atoms in total. The first-order chi connectivity index (χ1) is 14.1. The summed E-state index contributed by atoms with van der Waals surface area (Å²) in [5.74, 6) is -0.651. The number of anilines is 1. The van der Waals surface area contributed by atoms with E-state index in [0.717, 1.165) is 43.4 Å². The average Bonchev–Trinajstić information content (AvgIpc) is 3.22. The molecule has 3 amide bonds. The van der Waals surface area contributed by atoms with Gasteiger partial charge in [0.1, 0.15) is 0 Å². The number of carbonyl (C=O) groups excluding carboxylic acids is 3. The fourth-order valence-electron chi connectivity index (χ4n) is 5.09. The van der Waals surface area contributed by atoms with Crippen LogP contribution in [-0.4, -0.2) is 29.2 Å². The number of hydrogen-bond acceptors (Lipinski definition) is 3. The maximum atomic E-state index is 12.5. The zero-order valence-corrected chi connectivity index (χ0v) is 16.3. The van der Waals surface area contributed by atoms with Gasteiger partial charge in [-0.3, -0.25) is 19.3 Å². The lowest BCUT2D eigenvalue weighted by Crippen LogP contribution is -2.34. The summed E-state index contributed by atoms with van der Waals surface area (Å²) in [5, 5.41) is 2.93. The summed E-state index contributed by atoms with van der Waals surface area (Å²) < 4.78 is 0. The third-order valence-electron chi connectivity index (χ3n) is 6.58. The van der Waals surface area contributed by atoms with Crippen molar-refractivity contribution in [1.82, 2.24) is 4.90 Å². The van der Waals surface area contributed by atoms with E-state index in [2.05, 4.69) is 23.5 Å². The van der Waals surface area contributed by atoms with Crippen molar-refractivity contribution >= 4 is 23.4 Å². The SMILES string of the molecule is O=C(CCN1C(=O)[C@@H]2CCCC[C@H]2C1=O)Nc1ccc2c(c1)-c1ccccc1C2. The van der Waals surface area contributed by atoms with Crippen LogP contribution in [0.15, 0.2) is 42.5 Å².